The third-order valence-corrected chi connectivity index (χ3v) is 6.16. The lowest BCUT2D eigenvalue weighted by atomic mass is 9.96. The highest BCUT2D eigenvalue weighted by Gasteiger charge is 2.42. The van der Waals surface area contributed by atoms with E-state index in [1.807, 2.05) is 31.2 Å². The van der Waals surface area contributed by atoms with Crippen molar-refractivity contribution in [3.8, 4) is 5.69 Å². The molecule has 1 fully saturated rings. The van der Waals surface area contributed by atoms with Crippen molar-refractivity contribution >= 4 is 23.3 Å². The summed E-state index contributed by atoms with van der Waals surface area (Å²) in [6.45, 7) is 8.39. The van der Waals surface area contributed by atoms with E-state index < -0.39 is 5.97 Å². The number of nitrogens with zero attached hydrogens (tertiary/aromatic N) is 3. The van der Waals surface area contributed by atoms with Gasteiger partial charge in [0.05, 0.1) is 23.3 Å². The molecular formula is C24H26N4O2S. The molecule has 0 saturated carbocycles. The second kappa shape index (κ2) is 8.15. The summed E-state index contributed by atoms with van der Waals surface area (Å²) in [6, 6.07) is 15.2. The van der Waals surface area contributed by atoms with Crippen molar-refractivity contribution in [2.75, 3.05) is 0 Å². The number of pyridine rings is 1. The van der Waals surface area contributed by atoms with E-state index in [-0.39, 0.29) is 23.7 Å². The SMILES string of the molecule is Cc1cc([C@@H]2[C@@H](c3ccccn3)NC(=S)N2C(C)C)c(C)n1-c1cccc(C(=O)O)c1. The topological polar surface area (TPSA) is 70.4 Å². The Hall–Kier alpha value is -3.19. The number of carboxylic acids is 1. The minimum atomic E-state index is -0.934. The molecule has 2 atom stereocenters. The number of benzene rings is 1. The lowest BCUT2D eigenvalue weighted by Gasteiger charge is -2.31. The molecular weight excluding hydrogens is 408 g/mol. The van der Waals surface area contributed by atoms with Crippen molar-refractivity contribution in [1.82, 2.24) is 19.8 Å². The molecule has 4 rings (SSSR count). The first-order chi connectivity index (χ1) is 14.8. The summed E-state index contributed by atoms with van der Waals surface area (Å²) in [4.78, 5) is 18.3. The van der Waals surface area contributed by atoms with Crippen molar-refractivity contribution in [3.63, 3.8) is 0 Å². The van der Waals surface area contributed by atoms with Crippen molar-refractivity contribution in [1.29, 1.82) is 0 Å². The van der Waals surface area contributed by atoms with Gasteiger partial charge in [0, 0.05) is 29.3 Å². The lowest BCUT2D eigenvalue weighted by molar-refractivity contribution is 0.0697. The molecule has 0 spiro atoms. The molecule has 2 N–H and O–H groups in total. The minimum absolute atomic E-state index is 0.0231. The molecule has 1 aromatic carbocycles. The van der Waals surface area contributed by atoms with Gasteiger partial charge in [0.15, 0.2) is 5.11 Å². The van der Waals surface area contributed by atoms with E-state index in [0.29, 0.717) is 5.11 Å². The Morgan fingerprint density at radius 1 is 1.16 bits per heavy atom. The zero-order chi connectivity index (χ0) is 22.3. The smallest absolute Gasteiger partial charge is 0.335 e. The highest BCUT2D eigenvalue weighted by atomic mass is 32.1. The van der Waals surface area contributed by atoms with E-state index in [0.717, 1.165) is 28.3 Å². The van der Waals surface area contributed by atoms with Crippen LogP contribution in [0.2, 0.25) is 0 Å². The summed E-state index contributed by atoms with van der Waals surface area (Å²) in [5.41, 5.74) is 5.29. The van der Waals surface area contributed by atoms with Crippen LogP contribution < -0.4 is 5.32 Å². The quantitative estimate of drug-likeness (QED) is 0.574. The lowest BCUT2D eigenvalue weighted by Crippen LogP contribution is -2.35. The minimum Gasteiger partial charge on any atom is -0.478 e. The third kappa shape index (κ3) is 3.70. The van der Waals surface area contributed by atoms with E-state index >= 15 is 0 Å². The Labute approximate surface area is 187 Å². The van der Waals surface area contributed by atoms with Gasteiger partial charge in [0.1, 0.15) is 0 Å². The highest BCUT2D eigenvalue weighted by Crippen LogP contribution is 2.42. The van der Waals surface area contributed by atoms with Gasteiger partial charge in [0.25, 0.3) is 0 Å². The molecule has 1 aliphatic rings. The molecule has 3 aromatic rings. The Morgan fingerprint density at radius 2 is 1.94 bits per heavy atom. The van der Waals surface area contributed by atoms with Crippen LogP contribution in [0.4, 0.5) is 0 Å². The number of aryl methyl sites for hydroxylation is 1. The number of carbonyl (C=O) groups is 1. The van der Waals surface area contributed by atoms with Crippen molar-refractivity contribution in [2.45, 2.75) is 45.8 Å². The van der Waals surface area contributed by atoms with Gasteiger partial charge in [0.2, 0.25) is 0 Å². The van der Waals surface area contributed by atoms with E-state index in [2.05, 4.69) is 46.6 Å². The average Bonchev–Trinajstić information content (AvgIpc) is 3.24. The van der Waals surface area contributed by atoms with Gasteiger partial charge in [-0.25, -0.2) is 4.79 Å². The second-order valence-corrected chi connectivity index (χ2v) is 8.53. The maximum Gasteiger partial charge on any atom is 0.335 e. The Bertz CT molecular complexity index is 1140. The van der Waals surface area contributed by atoms with Crippen LogP contribution in [-0.4, -0.2) is 36.7 Å². The van der Waals surface area contributed by atoms with Crippen LogP contribution in [0.5, 0.6) is 0 Å². The van der Waals surface area contributed by atoms with E-state index in [1.54, 1.807) is 24.4 Å². The first-order valence-electron chi connectivity index (χ1n) is 10.3. The summed E-state index contributed by atoms with van der Waals surface area (Å²) in [5.74, 6) is -0.934. The monoisotopic (exact) mass is 434 g/mol. The fourth-order valence-electron chi connectivity index (χ4n) is 4.52. The predicted molar refractivity (Wildman–Crippen MR) is 125 cm³/mol. The summed E-state index contributed by atoms with van der Waals surface area (Å²) < 4.78 is 2.11. The van der Waals surface area contributed by atoms with Crippen LogP contribution in [-0.2, 0) is 0 Å². The van der Waals surface area contributed by atoms with Crippen LogP contribution in [0.25, 0.3) is 5.69 Å². The van der Waals surface area contributed by atoms with E-state index in [1.165, 1.54) is 0 Å². The van der Waals surface area contributed by atoms with Gasteiger partial charge in [-0.3, -0.25) is 4.98 Å². The molecule has 1 saturated heterocycles. The zero-order valence-corrected chi connectivity index (χ0v) is 18.9. The number of hydrogen-bond acceptors (Lipinski definition) is 3. The van der Waals surface area contributed by atoms with Crippen molar-refractivity contribution < 1.29 is 9.90 Å². The molecule has 0 bridgehead atoms. The average molecular weight is 435 g/mol. The van der Waals surface area contributed by atoms with Gasteiger partial charge in [-0.1, -0.05) is 12.1 Å². The molecule has 31 heavy (non-hydrogen) atoms. The molecule has 3 heterocycles. The standard InChI is InChI=1S/C24H26N4O2S/c1-14(2)27-22(21(26-24(27)31)20-10-5-6-11-25-20)19-12-15(3)28(16(19)4)18-9-7-8-17(13-18)23(29)30/h5-14,21-22H,1-4H3,(H,26,31)(H,29,30)/t21-,22-/m1/s1. The maximum atomic E-state index is 11.5. The molecule has 0 aliphatic carbocycles. The number of nitrogens with one attached hydrogen (secondary N) is 1. The molecule has 160 valence electrons. The number of rotatable bonds is 5. The van der Waals surface area contributed by atoms with Crippen LogP contribution in [0.1, 0.15) is 58.9 Å². The fourth-order valence-corrected chi connectivity index (χ4v) is 4.97. The summed E-state index contributed by atoms with van der Waals surface area (Å²) in [5, 5.41) is 13.6. The number of hydrogen-bond donors (Lipinski definition) is 2. The second-order valence-electron chi connectivity index (χ2n) is 8.14. The number of carboxylic acid groups (broad SMARTS) is 1. The molecule has 1 aliphatic heterocycles. The van der Waals surface area contributed by atoms with Gasteiger partial charge < -0.3 is 19.9 Å². The predicted octanol–water partition coefficient (Wildman–Crippen LogP) is 4.57. The molecule has 7 heteroatoms. The zero-order valence-electron chi connectivity index (χ0n) is 18.0. The van der Waals surface area contributed by atoms with Gasteiger partial charge in [-0.15, -0.1) is 0 Å². The third-order valence-electron chi connectivity index (χ3n) is 5.83. The van der Waals surface area contributed by atoms with Gasteiger partial charge >= 0.3 is 5.97 Å². The number of aromatic carboxylic acids is 1. The van der Waals surface area contributed by atoms with Crippen LogP contribution in [0.15, 0.2) is 54.7 Å². The fraction of sp³-hybridized carbons (Fsp3) is 0.292. The number of thiocarbonyl (C=S) groups is 1. The van der Waals surface area contributed by atoms with Gasteiger partial charge in [-0.2, -0.15) is 0 Å². The normalized spacial score (nSPS) is 18.5. The molecule has 6 nitrogen and oxygen atoms in total. The van der Waals surface area contributed by atoms with Crippen LogP contribution >= 0.6 is 12.2 Å². The van der Waals surface area contributed by atoms with Crippen LogP contribution in [0, 0.1) is 13.8 Å². The van der Waals surface area contributed by atoms with E-state index in [4.69, 9.17) is 12.2 Å². The Morgan fingerprint density at radius 3 is 2.58 bits per heavy atom. The van der Waals surface area contributed by atoms with Gasteiger partial charge in [-0.05, 0) is 81.9 Å². The summed E-state index contributed by atoms with van der Waals surface area (Å²) in [6.07, 6.45) is 1.80. The molecule has 2 aromatic heterocycles. The largest absolute Gasteiger partial charge is 0.478 e. The molecule has 0 unspecified atom stereocenters. The van der Waals surface area contributed by atoms with Crippen LogP contribution in [0.3, 0.4) is 0 Å². The highest BCUT2D eigenvalue weighted by molar-refractivity contribution is 7.80. The molecule has 0 amide bonds. The maximum absolute atomic E-state index is 11.5. The van der Waals surface area contributed by atoms with Crippen molar-refractivity contribution in [2.24, 2.45) is 0 Å². The Kier molecular flexibility index (Phi) is 5.54. The van der Waals surface area contributed by atoms with Crippen molar-refractivity contribution in [3.05, 3.63) is 82.9 Å². The van der Waals surface area contributed by atoms with E-state index in [9.17, 15) is 9.90 Å². The Balaban J connectivity index is 1.85. The summed E-state index contributed by atoms with van der Waals surface area (Å²) >= 11 is 5.71. The number of aromatic nitrogens is 2. The molecule has 0 radical (unpaired) electrons. The summed E-state index contributed by atoms with van der Waals surface area (Å²) in [7, 11) is 0. The first kappa shape index (κ1) is 21.1. The first-order valence-corrected chi connectivity index (χ1v) is 10.7.